The summed E-state index contributed by atoms with van der Waals surface area (Å²) in [5, 5.41) is 19.5. The number of ether oxygens (including phenoxy) is 1. The Hall–Kier alpha value is -1.10. The van der Waals surface area contributed by atoms with Gasteiger partial charge >= 0.3 is 0 Å². The van der Waals surface area contributed by atoms with Gasteiger partial charge in [0.25, 0.3) is 0 Å². The highest BCUT2D eigenvalue weighted by Gasteiger charge is 2.38. The lowest BCUT2D eigenvalue weighted by molar-refractivity contribution is -0.0153. The second-order valence-electron chi connectivity index (χ2n) is 5.38. The number of hydrogen-bond donors (Lipinski definition) is 2. The molecule has 4 heteroatoms. The van der Waals surface area contributed by atoms with Crippen molar-refractivity contribution < 1.29 is 14.9 Å². The third-order valence-electron chi connectivity index (χ3n) is 3.97. The summed E-state index contributed by atoms with van der Waals surface area (Å²) in [5.41, 5.74) is 0.0587. The predicted molar refractivity (Wildman–Crippen MR) is 74.2 cm³/mol. The van der Waals surface area contributed by atoms with E-state index >= 15 is 0 Å². The second-order valence-corrected chi connectivity index (χ2v) is 5.38. The van der Waals surface area contributed by atoms with E-state index in [2.05, 4.69) is 11.9 Å². The van der Waals surface area contributed by atoms with Crippen molar-refractivity contribution in [2.75, 3.05) is 26.8 Å². The van der Waals surface area contributed by atoms with Crippen LogP contribution in [0.1, 0.15) is 25.3 Å². The zero-order valence-electron chi connectivity index (χ0n) is 11.7. The molecule has 19 heavy (non-hydrogen) atoms. The fraction of sp³-hybridized carbons (Fsp3) is 0.600. The maximum Gasteiger partial charge on any atom is 0.119 e. The fourth-order valence-corrected chi connectivity index (χ4v) is 2.86. The largest absolute Gasteiger partial charge is 0.491 e. The van der Waals surface area contributed by atoms with Gasteiger partial charge in [-0.15, -0.1) is 0 Å². The highest BCUT2D eigenvalue weighted by molar-refractivity contribution is 5.31. The Morgan fingerprint density at radius 1 is 1.37 bits per heavy atom. The molecule has 1 aromatic rings. The number of aliphatic hydroxyl groups is 2. The first kappa shape index (κ1) is 14.3. The van der Waals surface area contributed by atoms with Gasteiger partial charge in [-0.2, -0.15) is 0 Å². The van der Waals surface area contributed by atoms with Gasteiger partial charge in [0, 0.05) is 6.04 Å². The maximum atomic E-state index is 10.8. The zero-order chi connectivity index (χ0) is 13.9. The van der Waals surface area contributed by atoms with Gasteiger partial charge in [0.2, 0.25) is 0 Å². The molecule has 1 heterocycles. The van der Waals surface area contributed by atoms with Crippen molar-refractivity contribution in [1.29, 1.82) is 0 Å². The SMILES string of the molecule is CN1CCC[C@@H]1C(C)(O)c1ccc(OCCO)cc1. The van der Waals surface area contributed by atoms with Crippen LogP contribution in [0.3, 0.4) is 0 Å². The molecule has 0 saturated carbocycles. The number of likely N-dealkylation sites (tertiary alicyclic amines) is 1. The molecule has 0 spiro atoms. The molecule has 0 aliphatic carbocycles. The third kappa shape index (κ3) is 3.08. The van der Waals surface area contributed by atoms with E-state index < -0.39 is 5.60 Å². The van der Waals surface area contributed by atoms with Crippen molar-refractivity contribution in [2.24, 2.45) is 0 Å². The summed E-state index contributed by atoms with van der Waals surface area (Å²) in [4.78, 5) is 2.22. The van der Waals surface area contributed by atoms with Crippen LogP contribution in [0.15, 0.2) is 24.3 Å². The van der Waals surface area contributed by atoms with Crippen molar-refractivity contribution in [3.8, 4) is 5.75 Å². The first-order chi connectivity index (χ1) is 9.05. The first-order valence-corrected chi connectivity index (χ1v) is 6.82. The van der Waals surface area contributed by atoms with Gasteiger partial charge in [0.05, 0.1) is 6.61 Å². The minimum absolute atomic E-state index is 0.00629. The lowest BCUT2D eigenvalue weighted by atomic mass is 9.87. The molecular formula is C15H23NO3. The first-order valence-electron chi connectivity index (χ1n) is 6.82. The highest BCUT2D eigenvalue weighted by atomic mass is 16.5. The van der Waals surface area contributed by atoms with Crippen LogP contribution in [-0.2, 0) is 5.60 Å². The van der Waals surface area contributed by atoms with E-state index in [1.54, 1.807) is 0 Å². The molecule has 1 saturated heterocycles. The number of nitrogens with zero attached hydrogens (tertiary/aromatic N) is 1. The van der Waals surface area contributed by atoms with Gasteiger partial charge in [0.1, 0.15) is 18.0 Å². The Bertz CT molecular complexity index is 402. The average molecular weight is 265 g/mol. The standard InChI is InChI=1S/C15H23NO3/c1-15(18,14-4-3-9-16(14)2)12-5-7-13(8-6-12)19-11-10-17/h5-8,14,17-18H,3-4,9-11H2,1-2H3/t14-,15?/m1/s1. The van der Waals surface area contributed by atoms with Crippen molar-refractivity contribution in [3.05, 3.63) is 29.8 Å². The van der Waals surface area contributed by atoms with E-state index in [0.29, 0.717) is 12.4 Å². The van der Waals surface area contributed by atoms with E-state index in [1.165, 1.54) is 0 Å². The molecule has 2 rings (SSSR count). The van der Waals surface area contributed by atoms with Crippen LogP contribution in [0.5, 0.6) is 5.75 Å². The zero-order valence-corrected chi connectivity index (χ0v) is 11.7. The van der Waals surface area contributed by atoms with E-state index in [1.807, 2.05) is 31.2 Å². The van der Waals surface area contributed by atoms with E-state index in [-0.39, 0.29) is 12.6 Å². The number of likely N-dealkylation sites (N-methyl/N-ethyl adjacent to an activating group) is 1. The lowest BCUT2D eigenvalue weighted by Crippen LogP contribution is -2.43. The van der Waals surface area contributed by atoms with Gasteiger partial charge in [-0.25, -0.2) is 0 Å². The molecule has 106 valence electrons. The summed E-state index contributed by atoms with van der Waals surface area (Å²) in [7, 11) is 2.06. The van der Waals surface area contributed by atoms with Gasteiger partial charge in [0.15, 0.2) is 0 Å². The van der Waals surface area contributed by atoms with Crippen molar-refractivity contribution >= 4 is 0 Å². The molecule has 0 bridgehead atoms. The minimum atomic E-state index is -0.846. The quantitative estimate of drug-likeness (QED) is 0.844. The molecular weight excluding hydrogens is 242 g/mol. The number of hydrogen-bond acceptors (Lipinski definition) is 4. The van der Waals surface area contributed by atoms with E-state index in [0.717, 1.165) is 24.9 Å². The summed E-state index contributed by atoms with van der Waals surface area (Å²) >= 11 is 0. The molecule has 0 amide bonds. The minimum Gasteiger partial charge on any atom is -0.491 e. The molecule has 2 atom stereocenters. The Morgan fingerprint density at radius 2 is 2.05 bits per heavy atom. The Morgan fingerprint density at radius 3 is 2.58 bits per heavy atom. The summed E-state index contributed by atoms with van der Waals surface area (Å²) in [6, 6.07) is 7.65. The van der Waals surface area contributed by atoms with Crippen LogP contribution in [0.25, 0.3) is 0 Å². The summed E-state index contributed by atoms with van der Waals surface area (Å²) in [5.74, 6) is 0.716. The third-order valence-corrected chi connectivity index (χ3v) is 3.97. The molecule has 0 aromatic heterocycles. The Kier molecular flexibility index (Phi) is 4.45. The number of aliphatic hydroxyl groups excluding tert-OH is 1. The topological polar surface area (TPSA) is 52.9 Å². The highest BCUT2D eigenvalue weighted by Crippen LogP contribution is 2.34. The predicted octanol–water partition coefficient (Wildman–Crippen LogP) is 1.36. The normalized spacial score (nSPS) is 23.3. The monoisotopic (exact) mass is 265 g/mol. The van der Waals surface area contributed by atoms with Gasteiger partial charge in [-0.1, -0.05) is 12.1 Å². The smallest absolute Gasteiger partial charge is 0.119 e. The van der Waals surface area contributed by atoms with Gasteiger partial charge in [-0.05, 0) is 51.1 Å². The van der Waals surface area contributed by atoms with Crippen LogP contribution in [0, 0.1) is 0 Å². The fourth-order valence-electron chi connectivity index (χ4n) is 2.86. The van der Waals surface area contributed by atoms with Crippen LogP contribution in [0.2, 0.25) is 0 Å². The molecule has 0 radical (unpaired) electrons. The molecule has 1 aliphatic heterocycles. The second kappa shape index (κ2) is 5.90. The van der Waals surface area contributed by atoms with Crippen molar-refractivity contribution in [3.63, 3.8) is 0 Å². The van der Waals surface area contributed by atoms with Crippen LogP contribution in [-0.4, -0.2) is 48.0 Å². The van der Waals surface area contributed by atoms with E-state index in [9.17, 15) is 5.11 Å². The maximum absolute atomic E-state index is 10.8. The molecule has 4 nitrogen and oxygen atoms in total. The van der Waals surface area contributed by atoms with Gasteiger partial charge < -0.3 is 19.8 Å². The molecule has 1 unspecified atom stereocenters. The van der Waals surface area contributed by atoms with Crippen molar-refractivity contribution in [2.45, 2.75) is 31.4 Å². The average Bonchev–Trinajstić information content (AvgIpc) is 2.84. The summed E-state index contributed by atoms with van der Waals surface area (Å²) in [6.45, 7) is 3.22. The van der Waals surface area contributed by atoms with Crippen LogP contribution < -0.4 is 4.74 Å². The Balaban J connectivity index is 2.11. The van der Waals surface area contributed by atoms with E-state index in [4.69, 9.17) is 9.84 Å². The van der Waals surface area contributed by atoms with Crippen molar-refractivity contribution in [1.82, 2.24) is 4.90 Å². The van der Waals surface area contributed by atoms with Gasteiger partial charge in [-0.3, -0.25) is 0 Å². The van der Waals surface area contributed by atoms with Crippen LogP contribution in [0.4, 0.5) is 0 Å². The number of benzene rings is 1. The molecule has 1 fully saturated rings. The molecule has 1 aliphatic rings. The molecule has 2 N–H and O–H groups in total. The summed E-state index contributed by atoms with van der Waals surface area (Å²) in [6.07, 6.45) is 2.15. The molecule has 1 aromatic carbocycles. The lowest BCUT2D eigenvalue weighted by Gasteiger charge is -2.35. The summed E-state index contributed by atoms with van der Waals surface area (Å²) < 4.78 is 5.33. The Labute approximate surface area is 114 Å². The number of rotatable bonds is 5. The van der Waals surface area contributed by atoms with Crippen LogP contribution >= 0.6 is 0 Å².